The van der Waals surface area contributed by atoms with Crippen molar-refractivity contribution in [3.8, 4) is 0 Å². The third kappa shape index (κ3) is 3.91. The van der Waals surface area contributed by atoms with Gasteiger partial charge in [0.15, 0.2) is 0 Å². The van der Waals surface area contributed by atoms with Crippen molar-refractivity contribution in [3.05, 3.63) is 100 Å². The van der Waals surface area contributed by atoms with E-state index in [1.54, 1.807) is 6.07 Å². The summed E-state index contributed by atoms with van der Waals surface area (Å²) < 4.78 is 29.1. The smallest absolute Gasteiger partial charge is 0.261 e. The molecule has 0 amide bonds. The van der Waals surface area contributed by atoms with E-state index >= 15 is 0 Å². The Morgan fingerprint density at radius 3 is 2.41 bits per heavy atom. The van der Waals surface area contributed by atoms with Crippen molar-refractivity contribution in [2.24, 2.45) is 5.92 Å². The second-order valence-corrected chi connectivity index (χ2v) is 10.9. The summed E-state index contributed by atoms with van der Waals surface area (Å²) in [5.41, 5.74) is 5.81. The van der Waals surface area contributed by atoms with Crippen LogP contribution in [-0.4, -0.2) is 8.42 Å². The molecule has 1 aliphatic heterocycles. The van der Waals surface area contributed by atoms with Gasteiger partial charge in [-0.1, -0.05) is 42.0 Å². The van der Waals surface area contributed by atoms with Crippen LogP contribution >= 0.6 is 11.6 Å². The molecule has 3 aromatic rings. The monoisotopic (exact) mass is 464 g/mol. The highest BCUT2D eigenvalue weighted by Gasteiger charge is 2.38. The third-order valence-corrected chi connectivity index (χ3v) is 7.98. The van der Waals surface area contributed by atoms with Gasteiger partial charge in [-0.15, -0.1) is 0 Å². The van der Waals surface area contributed by atoms with Gasteiger partial charge in [-0.25, -0.2) is 8.42 Å². The van der Waals surface area contributed by atoms with Crippen LogP contribution in [0.4, 0.5) is 11.4 Å². The molecular weight excluding hydrogens is 440 g/mol. The average molecular weight is 465 g/mol. The SMILES string of the molecule is Cc1cc(C)cc(NS(=O)(=O)c2ccc3c(c2)[C@H]2C=CC[C@H]2[C@@H](c2ccc(Cl)cc2)N3)c1. The van der Waals surface area contributed by atoms with Crippen LogP contribution in [0.3, 0.4) is 0 Å². The Labute approximate surface area is 194 Å². The van der Waals surface area contributed by atoms with Crippen molar-refractivity contribution in [1.29, 1.82) is 0 Å². The third-order valence-electron chi connectivity index (χ3n) is 6.35. The first kappa shape index (κ1) is 21.1. The summed E-state index contributed by atoms with van der Waals surface area (Å²) in [6, 6.07) is 19.2. The Hall–Kier alpha value is -2.76. The Balaban J connectivity index is 1.49. The first-order valence-corrected chi connectivity index (χ1v) is 12.6. The first-order chi connectivity index (χ1) is 15.3. The molecule has 0 spiro atoms. The summed E-state index contributed by atoms with van der Waals surface area (Å²) in [7, 11) is -3.70. The largest absolute Gasteiger partial charge is 0.378 e. The number of hydrogen-bond donors (Lipinski definition) is 2. The van der Waals surface area contributed by atoms with Crippen LogP contribution in [0.1, 0.15) is 40.6 Å². The van der Waals surface area contributed by atoms with Crippen LogP contribution in [0, 0.1) is 19.8 Å². The van der Waals surface area contributed by atoms with Crippen LogP contribution in [0.15, 0.2) is 77.7 Å². The lowest BCUT2D eigenvalue weighted by atomic mass is 9.77. The highest BCUT2D eigenvalue weighted by atomic mass is 35.5. The van der Waals surface area contributed by atoms with Crippen molar-refractivity contribution in [1.82, 2.24) is 0 Å². The van der Waals surface area contributed by atoms with E-state index in [1.165, 1.54) is 5.56 Å². The highest BCUT2D eigenvalue weighted by molar-refractivity contribution is 7.92. The number of hydrogen-bond acceptors (Lipinski definition) is 3. The number of fused-ring (bicyclic) bond motifs is 3. The van der Waals surface area contributed by atoms with E-state index in [2.05, 4.69) is 34.3 Å². The Kier molecular flexibility index (Phi) is 5.26. The lowest BCUT2D eigenvalue weighted by molar-refractivity contribution is 0.425. The van der Waals surface area contributed by atoms with Gasteiger partial charge < -0.3 is 5.32 Å². The Morgan fingerprint density at radius 2 is 1.69 bits per heavy atom. The average Bonchev–Trinajstić information content (AvgIpc) is 3.22. The topological polar surface area (TPSA) is 58.2 Å². The predicted octanol–water partition coefficient (Wildman–Crippen LogP) is 6.58. The van der Waals surface area contributed by atoms with Crippen LogP contribution in [0.2, 0.25) is 5.02 Å². The Bertz CT molecular complexity index is 1300. The number of sulfonamides is 1. The van der Waals surface area contributed by atoms with E-state index in [4.69, 9.17) is 11.6 Å². The molecule has 0 saturated carbocycles. The molecule has 5 rings (SSSR count). The fraction of sp³-hybridized carbons (Fsp3) is 0.231. The zero-order valence-electron chi connectivity index (χ0n) is 18.0. The predicted molar refractivity (Wildman–Crippen MR) is 131 cm³/mol. The zero-order valence-corrected chi connectivity index (χ0v) is 19.5. The van der Waals surface area contributed by atoms with Crippen molar-refractivity contribution in [2.75, 3.05) is 10.0 Å². The molecule has 3 aromatic carbocycles. The highest BCUT2D eigenvalue weighted by Crippen LogP contribution is 2.50. The van der Waals surface area contributed by atoms with Crippen LogP contribution in [0.5, 0.6) is 0 Å². The minimum Gasteiger partial charge on any atom is -0.378 e. The van der Waals surface area contributed by atoms with Crippen molar-refractivity contribution in [3.63, 3.8) is 0 Å². The van der Waals surface area contributed by atoms with E-state index in [0.29, 0.717) is 11.6 Å². The fourth-order valence-electron chi connectivity index (χ4n) is 4.99. The van der Waals surface area contributed by atoms with E-state index in [0.717, 1.165) is 33.8 Å². The molecule has 1 heterocycles. The van der Waals surface area contributed by atoms with Gasteiger partial charge >= 0.3 is 0 Å². The summed E-state index contributed by atoms with van der Waals surface area (Å²) in [6.45, 7) is 3.91. The molecule has 0 bridgehead atoms. The molecule has 0 fully saturated rings. The van der Waals surface area contributed by atoms with E-state index in [9.17, 15) is 8.42 Å². The van der Waals surface area contributed by atoms with Crippen LogP contribution < -0.4 is 10.0 Å². The van der Waals surface area contributed by atoms with Gasteiger partial charge in [0, 0.05) is 22.3 Å². The molecule has 164 valence electrons. The van der Waals surface area contributed by atoms with Crippen molar-refractivity contribution in [2.45, 2.75) is 37.1 Å². The summed E-state index contributed by atoms with van der Waals surface area (Å²) >= 11 is 6.08. The second kappa shape index (κ2) is 7.98. The van der Waals surface area contributed by atoms with Crippen molar-refractivity contribution < 1.29 is 8.42 Å². The summed E-state index contributed by atoms with van der Waals surface area (Å²) in [5, 5.41) is 4.37. The molecule has 6 heteroatoms. The maximum atomic E-state index is 13.2. The standard InChI is InChI=1S/C26H25ClN2O2S/c1-16-12-17(2)14-20(13-16)29-32(30,31)21-10-11-25-24(15-21)22-4-3-5-23(22)26(28-25)18-6-8-19(27)9-7-18/h3-4,6-15,22-23,26,28-29H,5H2,1-2H3/t22-,23+,26+/m0/s1. The molecule has 0 saturated heterocycles. The molecule has 0 unspecified atom stereocenters. The zero-order chi connectivity index (χ0) is 22.5. The van der Waals surface area contributed by atoms with Gasteiger partial charge in [0.25, 0.3) is 10.0 Å². The quantitative estimate of drug-likeness (QED) is 0.428. The van der Waals surface area contributed by atoms with Gasteiger partial charge in [-0.05, 0) is 90.9 Å². The molecule has 2 N–H and O–H groups in total. The fourth-order valence-corrected chi connectivity index (χ4v) is 6.19. The number of anilines is 2. The number of allylic oxidation sites excluding steroid dienone is 2. The second-order valence-electron chi connectivity index (χ2n) is 8.76. The molecule has 2 aliphatic rings. The van der Waals surface area contributed by atoms with E-state index in [-0.39, 0.29) is 16.9 Å². The lowest BCUT2D eigenvalue weighted by Crippen LogP contribution is -2.29. The summed E-state index contributed by atoms with van der Waals surface area (Å²) in [6.07, 6.45) is 5.35. The molecular formula is C26H25ClN2O2S. The molecule has 1 aliphatic carbocycles. The first-order valence-electron chi connectivity index (χ1n) is 10.7. The number of rotatable bonds is 4. The van der Waals surface area contributed by atoms with Crippen molar-refractivity contribution >= 4 is 33.0 Å². The normalized spacial score (nSPS) is 21.5. The number of halogens is 1. The van der Waals surface area contributed by atoms with Gasteiger partial charge in [0.05, 0.1) is 10.9 Å². The molecule has 3 atom stereocenters. The van der Waals surface area contributed by atoms with Gasteiger partial charge in [-0.3, -0.25) is 4.72 Å². The minimum absolute atomic E-state index is 0.149. The van der Waals surface area contributed by atoms with E-state index in [1.807, 2.05) is 56.3 Å². The summed E-state index contributed by atoms with van der Waals surface area (Å²) in [5.74, 6) is 0.498. The van der Waals surface area contributed by atoms with Gasteiger partial charge in [0.2, 0.25) is 0 Å². The van der Waals surface area contributed by atoms with Crippen LogP contribution in [-0.2, 0) is 10.0 Å². The number of nitrogens with one attached hydrogen (secondary N) is 2. The lowest BCUT2D eigenvalue weighted by Gasteiger charge is -2.37. The maximum Gasteiger partial charge on any atom is 0.261 e. The molecule has 4 nitrogen and oxygen atoms in total. The van der Waals surface area contributed by atoms with Crippen LogP contribution in [0.25, 0.3) is 0 Å². The van der Waals surface area contributed by atoms with E-state index < -0.39 is 10.0 Å². The number of aryl methyl sites for hydroxylation is 2. The number of benzene rings is 3. The Morgan fingerprint density at radius 1 is 0.969 bits per heavy atom. The molecule has 0 aromatic heterocycles. The maximum absolute atomic E-state index is 13.2. The minimum atomic E-state index is -3.70. The molecule has 32 heavy (non-hydrogen) atoms. The molecule has 0 radical (unpaired) electrons. The summed E-state index contributed by atoms with van der Waals surface area (Å²) in [4.78, 5) is 0.279. The van der Waals surface area contributed by atoms with Gasteiger partial charge in [0.1, 0.15) is 0 Å². The van der Waals surface area contributed by atoms with Gasteiger partial charge in [-0.2, -0.15) is 0 Å².